The molecule has 1 amide bonds. The number of ether oxygens (including phenoxy) is 2. The molecule has 0 bridgehead atoms. The predicted molar refractivity (Wildman–Crippen MR) is 114 cm³/mol. The summed E-state index contributed by atoms with van der Waals surface area (Å²) in [6.07, 6.45) is 9.70. The second-order valence-electron chi connectivity index (χ2n) is 8.45. The standard InChI is InChI=1S/C23H33NO3S/c1-2-3-4-17-5-7-18(8-6-17)23(25)24-12-11-22(28-14-13-24)19-9-10-20-21(15-19)27-16-26-20/h9-10,15,17-18,22H,2-8,11-14,16H2,1H3. The Labute approximate surface area is 173 Å². The minimum atomic E-state index is 0.268. The molecule has 4 rings (SSSR count). The van der Waals surface area contributed by atoms with Crippen LogP contribution in [0, 0.1) is 11.8 Å². The van der Waals surface area contributed by atoms with Crippen LogP contribution in [0.2, 0.25) is 0 Å². The lowest BCUT2D eigenvalue weighted by Crippen LogP contribution is -2.39. The topological polar surface area (TPSA) is 38.8 Å². The number of benzene rings is 1. The van der Waals surface area contributed by atoms with Gasteiger partial charge in [0, 0.05) is 30.0 Å². The summed E-state index contributed by atoms with van der Waals surface area (Å²) < 4.78 is 11.0. The lowest BCUT2D eigenvalue weighted by Gasteiger charge is -2.31. The number of thioether (sulfide) groups is 1. The van der Waals surface area contributed by atoms with Crippen molar-refractivity contribution in [3.63, 3.8) is 0 Å². The van der Waals surface area contributed by atoms with Crippen LogP contribution in [0.5, 0.6) is 11.5 Å². The molecule has 2 aliphatic heterocycles. The number of fused-ring (bicyclic) bond motifs is 1. The predicted octanol–water partition coefficient (Wildman–Crippen LogP) is 5.42. The fourth-order valence-corrected chi connectivity index (χ4v) is 6.04. The highest BCUT2D eigenvalue weighted by atomic mass is 32.2. The van der Waals surface area contributed by atoms with Crippen molar-refractivity contribution in [3.05, 3.63) is 23.8 Å². The molecule has 0 radical (unpaired) electrons. The maximum Gasteiger partial charge on any atom is 0.231 e. The molecule has 28 heavy (non-hydrogen) atoms. The Bertz CT molecular complexity index is 672. The average molecular weight is 404 g/mol. The Balaban J connectivity index is 1.30. The molecule has 1 aliphatic carbocycles. The number of rotatable bonds is 5. The molecule has 1 aromatic carbocycles. The Morgan fingerprint density at radius 2 is 1.93 bits per heavy atom. The van der Waals surface area contributed by atoms with Crippen LogP contribution >= 0.6 is 11.8 Å². The maximum absolute atomic E-state index is 13.1. The van der Waals surface area contributed by atoms with Crippen LogP contribution in [0.15, 0.2) is 18.2 Å². The number of carbonyl (C=O) groups is 1. The molecule has 1 unspecified atom stereocenters. The molecule has 2 fully saturated rings. The van der Waals surface area contributed by atoms with Gasteiger partial charge in [-0.1, -0.05) is 32.3 Å². The van der Waals surface area contributed by atoms with Crippen molar-refractivity contribution in [1.29, 1.82) is 0 Å². The first-order chi connectivity index (χ1) is 13.7. The smallest absolute Gasteiger partial charge is 0.231 e. The average Bonchev–Trinajstić information content (AvgIpc) is 3.07. The third-order valence-electron chi connectivity index (χ3n) is 6.58. The fraction of sp³-hybridized carbons (Fsp3) is 0.696. The van der Waals surface area contributed by atoms with Gasteiger partial charge in [-0.05, 0) is 55.7 Å². The molecule has 4 nitrogen and oxygen atoms in total. The molecule has 154 valence electrons. The number of hydrogen-bond acceptors (Lipinski definition) is 4. The number of carbonyl (C=O) groups excluding carboxylic acids is 1. The fourth-order valence-electron chi connectivity index (χ4n) is 4.82. The van der Waals surface area contributed by atoms with E-state index in [1.807, 2.05) is 17.8 Å². The zero-order valence-electron chi connectivity index (χ0n) is 17.0. The second-order valence-corrected chi connectivity index (χ2v) is 9.76. The third kappa shape index (κ3) is 4.61. The van der Waals surface area contributed by atoms with Crippen molar-refractivity contribution in [1.82, 2.24) is 4.90 Å². The minimum Gasteiger partial charge on any atom is -0.454 e. The van der Waals surface area contributed by atoms with E-state index in [4.69, 9.17) is 9.47 Å². The molecule has 3 aliphatic rings. The summed E-state index contributed by atoms with van der Waals surface area (Å²) in [4.78, 5) is 15.3. The number of unbranched alkanes of at least 4 members (excludes halogenated alkanes) is 1. The van der Waals surface area contributed by atoms with Gasteiger partial charge in [0.05, 0.1) is 0 Å². The van der Waals surface area contributed by atoms with E-state index in [9.17, 15) is 4.79 Å². The summed E-state index contributed by atoms with van der Waals surface area (Å²) in [5, 5.41) is 0.428. The molecule has 0 spiro atoms. The molecule has 1 aromatic rings. The van der Waals surface area contributed by atoms with Crippen LogP contribution in [0.1, 0.15) is 69.1 Å². The first-order valence-electron chi connectivity index (χ1n) is 11.0. The maximum atomic E-state index is 13.1. The van der Waals surface area contributed by atoms with Gasteiger partial charge in [0.15, 0.2) is 11.5 Å². The van der Waals surface area contributed by atoms with Gasteiger partial charge in [0.1, 0.15) is 0 Å². The molecule has 0 N–H and O–H groups in total. The van der Waals surface area contributed by atoms with Gasteiger partial charge in [-0.3, -0.25) is 4.79 Å². The summed E-state index contributed by atoms with van der Waals surface area (Å²) in [6, 6.07) is 6.29. The Morgan fingerprint density at radius 3 is 2.75 bits per heavy atom. The van der Waals surface area contributed by atoms with Crippen LogP contribution in [0.3, 0.4) is 0 Å². The number of hydrogen-bond donors (Lipinski definition) is 0. The Kier molecular flexibility index (Phi) is 6.71. The lowest BCUT2D eigenvalue weighted by molar-refractivity contribution is -0.136. The SMILES string of the molecule is CCCCC1CCC(C(=O)N2CCSC(c3ccc4c(c3)OCO4)CC2)CC1. The zero-order valence-corrected chi connectivity index (χ0v) is 17.8. The third-order valence-corrected chi connectivity index (χ3v) is 7.91. The van der Waals surface area contributed by atoms with Crippen molar-refractivity contribution >= 4 is 17.7 Å². The normalized spacial score (nSPS) is 27.5. The van der Waals surface area contributed by atoms with E-state index in [0.29, 0.717) is 18.0 Å². The molecule has 0 aromatic heterocycles. The minimum absolute atomic E-state index is 0.268. The van der Waals surface area contributed by atoms with E-state index in [-0.39, 0.29) is 5.92 Å². The van der Waals surface area contributed by atoms with E-state index in [0.717, 1.165) is 55.5 Å². The van der Waals surface area contributed by atoms with Gasteiger partial charge >= 0.3 is 0 Å². The van der Waals surface area contributed by atoms with E-state index in [2.05, 4.69) is 24.0 Å². The van der Waals surface area contributed by atoms with Crippen molar-refractivity contribution < 1.29 is 14.3 Å². The highest BCUT2D eigenvalue weighted by Gasteiger charge is 2.31. The van der Waals surface area contributed by atoms with Gasteiger partial charge in [-0.2, -0.15) is 11.8 Å². The molecule has 1 saturated carbocycles. The number of nitrogens with zero attached hydrogens (tertiary/aromatic N) is 1. The first-order valence-corrected chi connectivity index (χ1v) is 12.1. The molecular formula is C23H33NO3S. The quantitative estimate of drug-likeness (QED) is 0.658. The monoisotopic (exact) mass is 403 g/mol. The Hall–Kier alpha value is -1.36. The van der Waals surface area contributed by atoms with Crippen LogP contribution in [0.4, 0.5) is 0 Å². The number of amides is 1. The van der Waals surface area contributed by atoms with Gasteiger partial charge in [0.2, 0.25) is 12.7 Å². The summed E-state index contributed by atoms with van der Waals surface area (Å²) in [5.41, 5.74) is 1.29. The van der Waals surface area contributed by atoms with Crippen LogP contribution in [-0.2, 0) is 4.79 Å². The Morgan fingerprint density at radius 1 is 1.11 bits per heavy atom. The van der Waals surface area contributed by atoms with Gasteiger partial charge < -0.3 is 14.4 Å². The van der Waals surface area contributed by atoms with Crippen molar-refractivity contribution in [2.75, 3.05) is 25.6 Å². The molecule has 5 heteroatoms. The summed E-state index contributed by atoms with van der Waals surface area (Å²) in [7, 11) is 0. The summed E-state index contributed by atoms with van der Waals surface area (Å²) in [5.74, 6) is 4.25. The zero-order chi connectivity index (χ0) is 19.3. The van der Waals surface area contributed by atoms with Crippen LogP contribution in [-0.4, -0.2) is 36.4 Å². The van der Waals surface area contributed by atoms with Crippen LogP contribution in [0.25, 0.3) is 0 Å². The van der Waals surface area contributed by atoms with E-state index in [1.54, 1.807) is 0 Å². The second kappa shape index (κ2) is 9.43. The van der Waals surface area contributed by atoms with Gasteiger partial charge in [0.25, 0.3) is 0 Å². The van der Waals surface area contributed by atoms with E-state index in [1.165, 1.54) is 37.7 Å². The highest BCUT2D eigenvalue weighted by molar-refractivity contribution is 7.99. The van der Waals surface area contributed by atoms with Crippen molar-refractivity contribution in [3.8, 4) is 11.5 Å². The van der Waals surface area contributed by atoms with E-state index >= 15 is 0 Å². The highest BCUT2D eigenvalue weighted by Crippen LogP contribution is 2.41. The lowest BCUT2D eigenvalue weighted by atomic mass is 9.79. The van der Waals surface area contributed by atoms with Crippen LogP contribution < -0.4 is 9.47 Å². The van der Waals surface area contributed by atoms with E-state index < -0.39 is 0 Å². The first kappa shape index (κ1) is 19.9. The molecule has 2 heterocycles. The summed E-state index contributed by atoms with van der Waals surface area (Å²) in [6.45, 7) is 4.35. The van der Waals surface area contributed by atoms with Gasteiger partial charge in [-0.15, -0.1) is 0 Å². The van der Waals surface area contributed by atoms with Gasteiger partial charge in [-0.25, -0.2) is 0 Å². The molecular weight excluding hydrogens is 370 g/mol. The summed E-state index contributed by atoms with van der Waals surface area (Å²) >= 11 is 1.97. The largest absolute Gasteiger partial charge is 0.454 e. The molecule has 1 saturated heterocycles. The van der Waals surface area contributed by atoms with Crippen molar-refractivity contribution in [2.24, 2.45) is 11.8 Å². The van der Waals surface area contributed by atoms with Crippen molar-refractivity contribution in [2.45, 2.75) is 63.5 Å². The molecule has 1 atom stereocenters.